The van der Waals surface area contributed by atoms with Crippen LogP contribution in [0, 0.1) is 0 Å². The summed E-state index contributed by atoms with van der Waals surface area (Å²) in [5.41, 5.74) is -0.474. The molecule has 8 heteroatoms. The van der Waals surface area contributed by atoms with Gasteiger partial charge in [-0.15, -0.1) is 0 Å². The Morgan fingerprint density at radius 1 is 1.42 bits per heavy atom. The van der Waals surface area contributed by atoms with Gasteiger partial charge in [-0.1, -0.05) is 0 Å². The molecule has 0 aromatic carbocycles. The Morgan fingerprint density at radius 2 is 2.11 bits per heavy atom. The fraction of sp³-hybridized carbons (Fsp3) is 0.455. The van der Waals surface area contributed by atoms with E-state index in [0.29, 0.717) is 6.54 Å². The van der Waals surface area contributed by atoms with Crippen molar-refractivity contribution in [3.63, 3.8) is 0 Å². The smallest absolute Gasteiger partial charge is 0.354 e. The second-order valence-corrected chi connectivity index (χ2v) is 3.70. The van der Waals surface area contributed by atoms with Crippen LogP contribution < -0.4 is 5.32 Å². The summed E-state index contributed by atoms with van der Waals surface area (Å²) < 4.78 is 0. The second-order valence-electron chi connectivity index (χ2n) is 3.70. The highest BCUT2D eigenvalue weighted by molar-refractivity contribution is 6.03. The zero-order valence-corrected chi connectivity index (χ0v) is 10.8. The Hall–Kier alpha value is -2.38. The molecule has 0 radical (unpaired) electrons. The van der Waals surface area contributed by atoms with Gasteiger partial charge < -0.3 is 20.3 Å². The van der Waals surface area contributed by atoms with Gasteiger partial charge in [0, 0.05) is 13.1 Å². The van der Waals surface area contributed by atoms with Gasteiger partial charge in [-0.25, -0.2) is 9.78 Å². The fourth-order valence-electron chi connectivity index (χ4n) is 1.52. The largest absolute Gasteiger partial charge is 0.477 e. The van der Waals surface area contributed by atoms with Crippen LogP contribution in [0.2, 0.25) is 0 Å². The van der Waals surface area contributed by atoms with Crippen LogP contribution in [0.5, 0.6) is 0 Å². The van der Waals surface area contributed by atoms with E-state index in [1.54, 1.807) is 13.8 Å². The first-order valence-corrected chi connectivity index (χ1v) is 5.83. The maximum Gasteiger partial charge on any atom is 0.354 e. The molecule has 1 rings (SSSR count). The highest BCUT2D eigenvalue weighted by Crippen LogP contribution is 2.07. The SMILES string of the molecule is CCNC(=O)CN(CC)C(=O)c1nc[nH]c1C(=O)O. The van der Waals surface area contributed by atoms with Crippen LogP contribution in [0.1, 0.15) is 34.8 Å². The average Bonchev–Trinajstić information content (AvgIpc) is 2.84. The van der Waals surface area contributed by atoms with Gasteiger partial charge in [-0.05, 0) is 13.8 Å². The summed E-state index contributed by atoms with van der Waals surface area (Å²) in [6.07, 6.45) is 1.14. The number of likely N-dealkylation sites (N-methyl/N-ethyl adjacent to an activating group) is 2. The van der Waals surface area contributed by atoms with Crippen LogP contribution in [-0.4, -0.2) is 57.4 Å². The van der Waals surface area contributed by atoms with Gasteiger partial charge >= 0.3 is 5.97 Å². The molecule has 0 aliphatic carbocycles. The van der Waals surface area contributed by atoms with Crippen molar-refractivity contribution in [2.45, 2.75) is 13.8 Å². The summed E-state index contributed by atoms with van der Waals surface area (Å²) >= 11 is 0. The summed E-state index contributed by atoms with van der Waals surface area (Å²) in [6.45, 7) is 4.08. The molecule has 3 N–H and O–H groups in total. The minimum atomic E-state index is -1.27. The minimum absolute atomic E-state index is 0.130. The molecule has 19 heavy (non-hydrogen) atoms. The molecule has 2 amide bonds. The number of hydrogen-bond acceptors (Lipinski definition) is 4. The van der Waals surface area contributed by atoms with Crippen molar-refractivity contribution in [3.05, 3.63) is 17.7 Å². The maximum atomic E-state index is 12.1. The van der Waals surface area contributed by atoms with E-state index in [1.165, 1.54) is 4.90 Å². The van der Waals surface area contributed by atoms with Crippen LogP contribution in [0.15, 0.2) is 6.33 Å². The van der Waals surface area contributed by atoms with Gasteiger partial charge in [0.25, 0.3) is 5.91 Å². The first-order valence-electron chi connectivity index (χ1n) is 5.83. The first kappa shape index (κ1) is 14.7. The first-order chi connectivity index (χ1) is 9.01. The third-order valence-corrected chi connectivity index (χ3v) is 2.43. The summed E-state index contributed by atoms with van der Waals surface area (Å²) in [6, 6.07) is 0. The van der Waals surface area contributed by atoms with Gasteiger partial charge in [0.1, 0.15) is 0 Å². The topological polar surface area (TPSA) is 115 Å². The van der Waals surface area contributed by atoms with Crippen LogP contribution in [0.4, 0.5) is 0 Å². The summed E-state index contributed by atoms with van der Waals surface area (Å²) in [5, 5.41) is 11.5. The van der Waals surface area contributed by atoms with E-state index >= 15 is 0 Å². The molecule has 1 heterocycles. The van der Waals surface area contributed by atoms with Crippen LogP contribution in [0.3, 0.4) is 0 Å². The van der Waals surface area contributed by atoms with Crippen molar-refractivity contribution in [1.29, 1.82) is 0 Å². The number of carboxylic acid groups (broad SMARTS) is 1. The number of hydrogen-bond donors (Lipinski definition) is 3. The number of carbonyl (C=O) groups is 3. The number of aromatic carboxylic acids is 1. The van der Waals surface area contributed by atoms with Crippen molar-refractivity contribution < 1.29 is 19.5 Å². The third-order valence-electron chi connectivity index (χ3n) is 2.43. The zero-order valence-electron chi connectivity index (χ0n) is 10.8. The number of rotatable bonds is 6. The van der Waals surface area contributed by atoms with Gasteiger partial charge in [0.15, 0.2) is 11.4 Å². The predicted octanol–water partition coefficient (Wildman–Crippen LogP) is -0.294. The zero-order chi connectivity index (χ0) is 14.4. The molecular formula is C11H16N4O4. The van der Waals surface area contributed by atoms with E-state index in [4.69, 9.17) is 5.11 Å². The Kier molecular flexibility index (Phi) is 5.04. The lowest BCUT2D eigenvalue weighted by molar-refractivity contribution is -0.121. The lowest BCUT2D eigenvalue weighted by atomic mass is 10.2. The Balaban J connectivity index is 2.86. The molecule has 0 bridgehead atoms. The fourth-order valence-corrected chi connectivity index (χ4v) is 1.52. The molecule has 0 saturated heterocycles. The van der Waals surface area contributed by atoms with Gasteiger partial charge in [0.05, 0.1) is 12.9 Å². The molecule has 0 fully saturated rings. The molecule has 0 aliphatic rings. The molecule has 8 nitrogen and oxygen atoms in total. The number of H-pyrrole nitrogens is 1. The van der Waals surface area contributed by atoms with Crippen molar-refractivity contribution in [1.82, 2.24) is 20.2 Å². The molecule has 0 unspecified atom stereocenters. The van der Waals surface area contributed by atoms with Crippen molar-refractivity contribution >= 4 is 17.8 Å². The quantitative estimate of drug-likeness (QED) is 0.655. The number of imidazole rings is 1. The number of carbonyl (C=O) groups excluding carboxylic acids is 2. The second kappa shape index (κ2) is 6.53. The highest BCUT2D eigenvalue weighted by atomic mass is 16.4. The Morgan fingerprint density at radius 3 is 2.63 bits per heavy atom. The standard InChI is InChI=1S/C11H16N4O4/c1-3-12-7(16)5-15(4-2)10(17)8-9(11(18)19)14-6-13-8/h6H,3-5H2,1-2H3,(H,12,16)(H,13,14)(H,18,19). The van der Waals surface area contributed by atoms with Gasteiger partial charge in [-0.3, -0.25) is 9.59 Å². The lowest BCUT2D eigenvalue weighted by Crippen LogP contribution is -2.41. The van der Waals surface area contributed by atoms with E-state index in [1.807, 2.05) is 0 Å². The van der Waals surface area contributed by atoms with E-state index in [9.17, 15) is 14.4 Å². The molecule has 0 atom stereocenters. The lowest BCUT2D eigenvalue weighted by Gasteiger charge is -2.19. The third kappa shape index (κ3) is 3.54. The number of amides is 2. The van der Waals surface area contributed by atoms with E-state index < -0.39 is 11.9 Å². The number of aromatic nitrogens is 2. The molecule has 1 aromatic rings. The Labute approximate surface area is 109 Å². The predicted molar refractivity (Wildman–Crippen MR) is 65.8 cm³/mol. The number of carboxylic acids is 1. The molecular weight excluding hydrogens is 252 g/mol. The molecule has 104 valence electrons. The van der Waals surface area contributed by atoms with Crippen LogP contribution in [0.25, 0.3) is 0 Å². The normalized spacial score (nSPS) is 10.0. The van der Waals surface area contributed by atoms with E-state index in [0.717, 1.165) is 6.33 Å². The Bertz CT molecular complexity index is 483. The number of nitrogens with zero attached hydrogens (tertiary/aromatic N) is 2. The van der Waals surface area contributed by atoms with Crippen molar-refractivity contribution in [3.8, 4) is 0 Å². The van der Waals surface area contributed by atoms with E-state index in [2.05, 4.69) is 15.3 Å². The highest BCUT2D eigenvalue weighted by Gasteiger charge is 2.24. The van der Waals surface area contributed by atoms with Crippen molar-refractivity contribution in [2.75, 3.05) is 19.6 Å². The summed E-state index contributed by atoms with van der Waals surface area (Å²) in [4.78, 5) is 41.8. The monoisotopic (exact) mass is 268 g/mol. The van der Waals surface area contributed by atoms with Gasteiger partial charge in [-0.2, -0.15) is 0 Å². The average molecular weight is 268 g/mol. The minimum Gasteiger partial charge on any atom is -0.477 e. The number of aromatic amines is 1. The molecule has 0 spiro atoms. The maximum absolute atomic E-state index is 12.1. The van der Waals surface area contributed by atoms with E-state index in [-0.39, 0.29) is 30.4 Å². The summed E-state index contributed by atoms with van der Waals surface area (Å²) in [7, 11) is 0. The van der Waals surface area contributed by atoms with Gasteiger partial charge in [0.2, 0.25) is 5.91 Å². The molecule has 0 saturated carbocycles. The molecule has 0 aliphatic heterocycles. The van der Waals surface area contributed by atoms with Crippen molar-refractivity contribution in [2.24, 2.45) is 0 Å². The van der Waals surface area contributed by atoms with Crippen LogP contribution in [-0.2, 0) is 4.79 Å². The van der Waals surface area contributed by atoms with Crippen LogP contribution >= 0.6 is 0 Å². The number of nitrogens with one attached hydrogen (secondary N) is 2. The molecule has 1 aromatic heterocycles. The summed E-state index contributed by atoms with van der Waals surface area (Å²) in [5.74, 6) is -2.16.